The van der Waals surface area contributed by atoms with Crippen molar-refractivity contribution in [2.45, 2.75) is 18.9 Å². The Labute approximate surface area is 71.8 Å². The summed E-state index contributed by atoms with van der Waals surface area (Å²) < 4.78 is 1.63. The van der Waals surface area contributed by atoms with E-state index in [-0.39, 0.29) is 6.04 Å². The molecule has 4 heteroatoms. The van der Waals surface area contributed by atoms with Crippen LogP contribution in [0.1, 0.15) is 24.6 Å². The molecular formula is C8H12N4. The van der Waals surface area contributed by atoms with Gasteiger partial charge in [-0.1, -0.05) is 5.21 Å². The third kappa shape index (κ3) is 2.07. The summed E-state index contributed by atoms with van der Waals surface area (Å²) in [6.45, 7) is 0. The van der Waals surface area contributed by atoms with Gasteiger partial charge in [0, 0.05) is 19.7 Å². The number of rotatable bonds is 3. The quantitative estimate of drug-likeness (QED) is 0.650. The van der Waals surface area contributed by atoms with Crippen molar-refractivity contribution in [3.05, 3.63) is 11.9 Å². The van der Waals surface area contributed by atoms with Gasteiger partial charge >= 0.3 is 0 Å². The second kappa shape index (κ2) is 3.88. The monoisotopic (exact) mass is 164 g/mol. The Balaban J connectivity index is 2.54. The second-order valence-corrected chi connectivity index (χ2v) is 2.67. The molecule has 12 heavy (non-hydrogen) atoms. The number of terminal acetylenes is 1. The van der Waals surface area contributed by atoms with E-state index in [1.165, 1.54) is 0 Å². The van der Waals surface area contributed by atoms with Gasteiger partial charge in [-0.15, -0.1) is 17.4 Å². The molecule has 0 aliphatic carbocycles. The SMILES string of the molecule is C#CCCC(N)c1cn(C)nn1. The highest BCUT2D eigenvalue weighted by molar-refractivity contribution is 5.00. The van der Waals surface area contributed by atoms with E-state index in [1.54, 1.807) is 10.9 Å². The summed E-state index contributed by atoms with van der Waals surface area (Å²) in [5, 5.41) is 7.67. The maximum absolute atomic E-state index is 5.78. The predicted molar refractivity (Wildman–Crippen MR) is 46.0 cm³/mol. The van der Waals surface area contributed by atoms with E-state index in [0.29, 0.717) is 6.42 Å². The summed E-state index contributed by atoms with van der Waals surface area (Å²) >= 11 is 0. The summed E-state index contributed by atoms with van der Waals surface area (Å²) in [4.78, 5) is 0. The van der Waals surface area contributed by atoms with Gasteiger partial charge in [-0.3, -0.25) is 4.68 Å². The van der Waals surface area contributed by atoms with E-state index in [9.17, 15) is 0 Å². The molecule has 0 radical (unpaired) electrons. The first-order chi connectivity index (χ1) is 5.74. The van der Waals surface area contributed by atoms with Crippen LogP contribution in [0.3, 0.4) is 0 Å². The summed E-state index contributed by atoms with van der Waals surface area (Å²) in [6, 6.07) is -0.0882. The van der Waals surface area contributed by atoms with E-state index in [1.807, 2.05) is 7.05 Å². The van der Waals surface area contributed by atoms with Crippen LogP contribution in [0.4, 0.5) is 0 Å². The Morgan fingerprint density at radius 1 is 1.83 bits per heavy atom. The maximum Gasteiger partial charge on any atom is 0.0994 e. The molecule has 0 saturated heterocycles. The smallest absolute Gasteiger partial charge is 0.0994 e. The first-order valence-electron chi connectivity index (χ1n) is 3.79. The molecule has 64 valence electrons. The summed E-state index contributed by atoms with van der Waals surface area (Å²) in [5.74, 6) is 2.54. The Morgan fingerprint density at radius 3 is 3.08 bits per heavy atom. The number of nitrogens with two attached hydrogens (primary N) is 1. The highest BCUT2D eigenvalue weighted by Gasteiger charge is 2.08. The van der Waals surface area contributed by atoms with Crippen LogP contribution >= 0.6 is 0 Å². The van der Waals surface area contributed by atoms with Crippen LogP contribution in [0.25, 0.3) is 0 Å². The minimum Gasteiger partial charge on any atom is -0.323 e. The lowest BCUT2D eigenvalue weighted by Crippen LogP contribution is -2.10. The fourth-order valence-corrected chi connectivity index (χ4v) is 0.922. The molecule has 2 N–H and O–H groups in total. The molecule has 1 aromatic heterocycles. The molecule has 0 spiro atoms. The maximum atomic E-state index is 5.78. The molecule has 0 fully saturated rings. The van der Waals surface area contributed by atoms with Crippen LogP contribution in [-0.2, 0) is 7.05 Å². The van der Waals surface area contributed by atoms with Crippen molar-refractivity contribution >= 4 is 0 Å². The minimum absolute atomic E-state index is 0.0882. The lowest BCUT2D eigenvalue weighted by Gasteiger charge is -2.03. The fraction of sp³-hybridized carbons (Fsp3) is 0.500. The van der Waals surface area contributed by atoms with Crippen LogP contribution in [0.2, 0.25) is 0 Å². The summed E-state index contributed by atoms with van der Waals surface area (Å²) in [7, 11) is 1.81. The number of hydrogen-bond donors (Lipinski definition) is 1. The standard InChI is InChI=1S/C8H12N4/c1-3-4-5-7(9)8-6-12(2)11-10-8/h1,6-7H,4-5,9H2,2H3. The lowest BCUT2D eigenvalue weighted by atomic mass is 10.1. The van der Waals surface area contributed by atoms with Crippen molar-refractivity contribution in [3.63, 3.8) is 0 Å². The van der Waals surface area contributed by atoms with Gasteiger partial charge in [-0.05, 0) is 6.42 Å². The van der Waals surface area contributed by atoms with Gasteiger partial charge in [0.15, 0.2) is 0 Å². The third-order valence-electron chi connectivity index (χ3n) is 1.60. The molecule has 1 heterocycles. The Morgan fingerprint density at radius 2 is 2.58 bits per heavy atom. The number of hydrogen-bond acceptors (Lipinski definition) is 3. The molecule has 0 aliphatic heterocycles. The van der Waals surface area contributed by atoms with Gasteiger partial charge in [0.25, 0.3) is 0 Å². The highest BCUT2D eigenvalue weighted by Crippen LogP contribution is 2.10. The average molecular weight is 164 g/mol. The Bertz CT molecular complexity index is 283. The molecule has 1 atom stereocenters. The zero-order chi connectivity index (χ0) is 8.97. The topological polar surface area (TPSA) is 56.7 Å². The highest BCUT2D eigenvalue weighted by atomic mass is 15.4. The largest absolute Gasteiger partial charge is 0.323 e. The van der Waals surface area contributed by atoms with E-state index in [0.717, 1.165) is 12.1 Å². The van der Waals surface area contributed by atoms with Gasteiger partial charge in [0.1, 0.15) is 0 Å². The molecule has 1 unspecified atom stereocenters. The normalized spacial score (nSPS) is 12.4. The van der Waals surface area contributed by atoms with Gasteiger partial charge in [0.05, 0.1) is 11.7 Å². The first-order valence-corrected chi connectivity index (χ1v) is 3.79. The lowest BCUT2D eigenvalue weighted by molar-refractivity contribution is 0.643. The van der Waals surface area contributed by atoms with Crippen LogP contribution in [0.15, 0.2) is 6.20 Å². The van der Waals surface area contributed by atoms with Crippen molar-refractivity contribution in [2.24, 2.45) is 12.8 Å². The third-order valence-corrected chi connectivity index (χ3v) is 1.60. The zero-order valence-electron chi connectivity index (χ0n) is 7.07. The molecular weight excluding hydrogens is 152 g/mol. The van der Waals surface area contributed by atoms with Crippen LogP contribution in [0.5, 0.6) is 0 Å². The van der Waals surface area contributed by atoms with Crippen molar-refractivity contribution in [2.75, 3.05) is 0 Å². The van der Waals surface area contributed by atoms with Crippen molar-refractivity contribution in [3.8, 4) is 12.3 Å². The van der Waals surface area contributed by atoms with Crippen molar-refractivity contribution < 1.29 is 0 Å². The first kappa shape index (κ1) is 8.75. The molecule has 1 rings (SSSR count). The molecule has 0 aromatic carbocycles. The van der Waals surface area contributed by atoms with E-state index < -0.39 is 0 Å². The number of aromatic nitrogens is 3. The van der Waals surface area contributed by atoms with E-state index in [4.69, 9.17) is 12.2 Å². The van der Waals surface area contributed by atoms with Gasteiger partial charge < -0.3 is 5.73 Å². The van der Waals surface area contributed by atoms with E-state index >= 15 is 0 Å². The minimum atomic E-state index is -0.0882. The Kier molecular flexibility index (Phi) is 2.83. The molecule has 0 amide bonds. The zero-order valence-corrected chi connectivity index (χ0v) is 7.07. The molecule has 4 nitrogen and oxygen atoms in total. The van der Waals surface area contributed by atoms with Crippen molar-refractivity contribution in [1.29, 1.82) is 0 Å². The summed E-state index contributed by atoms with van der Waals surface area (Å²) in [5.41, 5.74) is 6.58. The summed E-state index contributed by atoms with van der Waals surface area (Å²) in [6.07, 6.45) is 8.36. The fourth-order valence-electron chi connectivity index (χ4n) is 0.922. The second-order valence-electron chi connectivity index (χ2n) is 2.67. The molecule has 0 aliphatic rings. The number of nitrogens with zero attached hydrogens (tertiary/aromatic N) is 3. The molecule has 0 saturated carbocycles. The average Bonchev–Trinajstić information content (AvgIpc) is 2.47. The van der Waals surface area contributed by atoms with Crippen molar-refractivity contribution in [1.82, 2.24) is 15.0 Å². The van der Waals surface area contributed by atoms with Crippen LogP contribution in [0, 0.1) is 12.3 Å². The van der Waals surface area contributed by atoms with Gasteiger partial charge in [0.2, 0.25) is 0 Å². The Hall–Kier alpha value is -1.34. The molecule has 1 aromatic rings. The predicted octanol–water partition coefficient (Wildman–Crippen LogP) is 0.228. The number of aryl methyl sites for hydroxylation is 1. The van der Waals surface area contributed by atoms with E-state index in [2.05, 4.69) is 16.2 Å². The van der Waals surface area contributed by atoms with Gasteiger partial charge in [-0.2, -0.15) is 0 Å². The molecule has 0 bridgehead atoms. The van der Waals surface area contributed by atoms with Crippen LogP contribution in [-0.4, -0.2) is 15.0 Å². The van der Waals surface area contributed by atoms with Crippen LogP contribution < -0.4 is 5.73 Å². The van der Waals surface area contributed by atoms with Gasteiger partial charge in [-0.25, -0.2) is 0 Å².